The largest absolute Gasteiger partial charge is 0.462 e. The second-order valence-corrected chi connectivity index (χ2v) is 6.37. The summed E-state index contributed by atoms with van der Waals surface area (Å²) in [6.45, 7) is 3.73. The van der Waals surface area contributed by atoms with Crippen LogP contribution in [0, 0.1) is 0 Å². The second kappa shape index (κ2) is 8.63. The molecule has 0 radical (unpaired) electrons. The highest BCUT2D eigenvalue weighted by Gasteiger charge is 2.18. The van der Waals surface area contributed by atoms with Crippen molar-refractivity contribution in [2.75, 3.05) is 25.0 Å². The number of nitrogens with zero attached hydrogens (tertiary/aromatic N) is 1. The Hall–Kier alpha value is -2.66. The summed E-state index contributed by atoms with van der Waals surface area (Å²) in [5, 5.41) is 3.82. The molecule has 0 aromatic heterocycles. The number of para-hydroxylation sites is 1. The quantitative estimate of drug-likeness (QED) is 0.644. The molecule has 0 unspecified atom stereocenters. The zero-order valence-corrected chi connectivity index (χ0v) is 15.6. The molecule has 2 aromatic rings. The molecule has 0 aliphatic carbocycles. The van der Waals surface area contributed by atoms with E-state index in [1.807, 2.05) is 24.3 Å². The van der Waals surface area contributed by atoms with Gasteiger partial charge in [0.1, 0.15) is 0 Å². The molecule has 0 saturated carbocycles. The monoisotopic (exact) mass is 366 g/mol. The summed E-state index contributed by atoms with van der Waals surface area (Å²) < 4.78 is 5.11. The van der Waals surface area contributed by atoms with Crippen molar-refractivity contribution < 1.29 is 9.53 Å². The van der Waals surface area contributed by atoms with Gasteiger partial charge in [-0.2, -0.15) is 0 Å². The topological polar surface area (TPSA) is 41.6 Å². The van der Waals surface area contributed by atoms with Crippen molar-refractivity contribution in [2.45, 2.75) is 13.3 Å². The highest BCUT2D eigenvalue weighted by atomic mass is 32.1. The number of nitrogens with one attached hydrogen (secondary N) is 1. The van der Waals surface area contributed by atoms with Crippen LogP contribution in [0.5, 0.6) is 0 Å². The minimum absolute atomic E-state index is 0.344. The lowest BCUT2D eigenvalue weighted by molar-refractivity contribution is 0.0527. The molecule has 1 heterocycles. The Bertz CT molecular complexity index is 818. The molecule has 0 amide bonds. The number of hydrogen-bond acceptors (Lipinski definition) is 3. The SMILES string of the molecule is CCOC(=O)c1ccccc1NC(=S)N1CC=C(c2ccccc2)CC1. The molecule has 0 atom stereocenters. The van der Waals surface area contributed by atoms with Gasteiger partial charge >= 0.3 is 5.97 Å². The van der Waals surface area contributed by atoms with Crippen LogP contribution < -0.4 is 5.32 Å². The van der Waals surface area contributed by atoms with E-state index >= 15 is 0 Å². The summed E-state index contributed by atoms with van der Waals surface area (Å²) in [5.74, 6) is -0.344. The zero-order chi connectivity index (χ0) is 18.4. The number of rotatable bonds is 4. The van der Waals surface area contributed by atoms with Gasteiger partial charge in [0.25, 0.3) is 0 Å². The molecular formula is C21H22N2O2S. The van der Waals surface area contributed by atoms with E-state index in [0.29, 0.717) is 23.0 Å². The summed E-state index contributed by atoms with van der Waals surface area (Å²) >= 11 is 5.56. The third kappa shape index (κ3) is 4.29. The maximum absolute atomic E-state index is 12.1. The number of thiocarbonyl (C=S) groups is 1. The Morgan fingerprint density at radius 1 is 1.15 bits per heavy atom. The Balaban J connectivity index is 1.67. The van der Waals surface area contributed by atoms with Gasteiger partial charge in [0.2, 0.25) is 0 Å². The summed E-state index contributed by atoms with van der Waals surface area (Å²) in [7, 11) is 0. The van der Waals surface area contributed by atoms with Crippen LogP contribution in [0.25, 0.3) is 5.57 Å². The average Bonchev–Trinajstić information content (AvgIpc) is 2.69. The number of ether oxygens (including phenoxy) is 1. The summed E-state index contributed by atoms with van der Waals surface area (Å²) in [6.07, 6.45) is 3.15. The minimum Gasteiger partial charge on any atom is -0.462 e. The van der Waals surface area contributed by atoms with Crippen molar-refractivity contribution >= 4 is 34.6 Å². The normalized spacial score (nSPS) is 13.7. The van der Waals surface area contributed by atoms with Crippen LogP contribution in [0.1, 0.15) is 29.3 Å². The first-order valence-corrected chi connectivity index (χ1v) is 9.16. The van der Waals surface area contributed by atoms with Crippen molar-refractivity contribution in [3.8, 4) is 0 Å². The number of carbonyl (C=O) groups is 1. The molecule has 0 spiro atoms. The van der Waals surface area contributed by atoms with E-state index in [0.717, 1.165) is 19.5 Å². The molecule has 1 aliphatic heterocycles. The summed E-state index contributed by atoms with van der Waals surface area (Å²) in [5.41, 5.74) is 3.78. The fraction of sp³-hybridized carbons (Fsp3) is 0.238. The first kappa shape index (κ1) is 18.1. The van der Waals surface area contributed by atoms with E-state index < -0.39 is 0 Å². The molecule has 1 aliphatic rings. The van der Waals surface area contributed by atoms with E-state index in [-0.39, 0.29) is 5.97 Å². The molecule has 0 fully saturated rings. The molecule has 3 rings (SSSR count). The smallest absolute Gasteiger partial charge is 0.340 e. The van der Waals surface area contributed by atoms with Gasteiger partial charge in [0.05, 0.1) is 17.9 Å². The van der Waals surface area contributed by atoms with E-state index in [2.05, 4.69) is 40.6 Å². The Morgan fingerprint density at radius 2 is 1.88 bits per heavy atom. The van der Waals surface area contributed by atoms with Crippen molar-refractivity contribution in [3.05, 3.63) is 71.8 Å². The number of hydrogen-bond donors (Lipinski definition) is 1. The van der Waals surface area contributed by atoms with Crippen molar-refractivity contribution in [3.63, 3.8) is 0 Å². The Morgan fingerprint density at radius 3 is 2.58 bits per heavy atom. The first-order valence-electron chi connectivity index (χ1n) is 8.75. The second-order valence-electron chi connectivity index (χ2n) is 5.99. The van der Waals surface area contributed by atoms with Crippen LogP contribution in [0.3, 0.4) is 0 Å². The molecule has 5 heteroatoms. The number of anilines is 1. The number of carbonyl (C=O) groups excluding carboxylic acids is 1. The molecule has 0 saturated heterocycles. The third-order valence-electron chi connectivity index (χ3n) is 4.30. The zero-order valence-electron chi connectivity index (χ0n) is 14.8. The maximum Gasteiger partial charge on any atom is 0.340 e. The lowest BCUT2D eigenvalue weighted by Gasteiger charge is -2.29. The van der Waals surface area contributed by atoms with E-state index in [1.165, 1.54) is 11.1 Å². The molecule has 0 bridgehead atoms. The van der Waals surface area contributed by atoms with Crippen LogP contribution in [0.15, 0.2) is 60.7 Å². The fourth-order valence-corrected chi connectivity index (χ4v) is 3.22. The molecular weight excluding hydrogens is 344 g/mol. The summed E-state index contributed by atoms with van der Waals surface area (Å²) in [6, 6.07) is 17.7. The van der Waals surface area contributed by atoms with Crippen LogP contribution in [-0.4, -0.2) is 35.7 Å². The highest BCUT2D eigenvalue weighted by molar-refractivity contribution is 7.80. The van der Waals surface area contributed by atoms with Gasteiger partial charge in [-0.05, 0) is 48.8 Å². The van der Waals surface area contributed by atoms with Crippen molar-refractivity contribution in [1.82, 2.24) is 4.90 Å². The molecule has 4 nitrogen and oxygen atoms in total. The van der Waals surface area contributed by atoms with Gasteiger partial charge < -0.3 is 15.0 Å². The van der Waals surface area contributed by atoms with Gasteiger partial charge in [-0.3, -0.25) is 0 Å². The minimum atomic E-state index is -0.344. The lowest BCUT2D eigenvalue weighted by Crippen LogP contribution is -2.38. The fourth-order valence-electron chi connectivity index (χ4n) is 2.94. The van der Waals surface area contributed by atoms with E-state index in [1.54, 1.807) is 13.0 Å². The molecule has 2 aromatic carbocycles. The Kier molecular flexibility index (Phi) is 6.02. The lowest BCUT2D eigenvalue weighted by atomic mass is 10.00. The van der Waals surface area contributed by atoms with Crippen LogP contribution in [0.2, 0.25) is 0 Å². The maximum atomic E-state index is 12.1. The Labute approximate surface area is 159 Å². The summed E-state index contributed by atoms with van der Waals surface area (Å²) in [4.78, 5) is 14.2. The number of benzene rings is 2. The number of esters is 1. The predicted molar refractivity (Wildman–Crippen MR) is 109 cm³/mol. The molecule has 134 valence electrons. The van der Waals surface area contributed by atoms with Crippen LogP contribution >= 0.6 is 12.2 Å². The molecule has 26 heavy (non-hydrogen) atoms. The van der Waals surface area contributed by atoms with Crippen LogP contribution in [-0.2, 0) is 4.74 Å². The molecule has 1 N–H and O–H groups in total. The van der Waals surface area contributed by atoms with Gasteiger partial charge in [-0.25, -0.2) is 4.79 Å². The van der Waals surface area contributed by atoms with Gasteiger partial charge in [0, 0.05) is 13.1 Å². The van der Waals surface area contributed by atoms with Crippen molar-refractivity contribution in [2.24, 2.45) is 0 Å². The predicted octanol–water partition coefficient (Wildman–Crippen LogP) is 4.35. The van der Waals surface area contributed by atoms with Gasteiger partial charge in [-0.15, -0.1) is 0 Å². The standard InChI is InChI=1S/C21H22N2O2S/c1-2-25-20(24)18-10-6-7-11-19(18)22-21(26)23-14-12-17(13-15-23)16-8-4-3-5-9-16/h3-12H,2,13-15H2,1H3,(H,22,26). The third-order valence-corrected chi connectivity index (χ3v) is 4.67. The van der Waals surface area contributed by atoms with Crippen LogP contribution in [0.4, 0.5) is 5.69 Å². The van der Waals surface area contributed by atoms with E-state index in [9.17, 15) is 4.79 Å². The highest BCUT2D eigenvalue weighted by Crippen LogP contribution is 2.23. The first-order chi connectivity index (χ1) is 12.7. The average molecular weight is 366 g/mol. The van der Waals surface area contributed by atoms with Gasteiger partial charge in [0.15, 0.2) is 5.11 Å². The van der Waals surface area contributed by atoms with Crippen molar-refractivity contribution in [1.29, 1.82) is 0 Å². The van der Waals surface area contributed by atoms with E-state index in [4.69, 9.17) is 17.0 Å². The van der Waals surface area contributed by atoms with Gasteiger partial charge in [-0.1, -0.05) is 48.5 Å².